The van der Waals surface area contributed by atoms with Crippen LogP contribution < -0.4 is 9.64 Å². The second-order valence-electron chi connectivity index (χ2n) is 10.7. The maximum absolute atomic E-state index is 13.6. The van der Waals surface area contributed by atoms with E-state index in [1.54, 1.807) is 17.2 Å². The van der Waals surface area contributed by atoms with Crippen LogP contribution in [0.3, 0.4) is 0 Å². The summed E-state index contributed by atoms with van der Waals surface area (Å²) in [5, 5.41) is 4.05. The lowest BCUT2D eigenvalue weighted by Crippen LogP contribution is -2.47. The number of aryl methyl sites for hydroxylation is 1. The molecule has 0 unspecified atom stereocenters. The molecule has 0 spiro atoms. The molecule has 0 saturated heterocycles. The minimum atomic E-state index is -2.75. The van der Waals surface area contributed by atoms with E-state index in [4.69, 9.17) is 9.26 Å². The highest BCUT2D eigenvalue weighted by molar-refractivity contribution is 5.96. The number of unbranched alkanes of at least 4 members (excludes halogenated alkanes) is 2. The molecule has 8 nitrogen and oxygen atoms in total. The number of carbonyl (C=O) groups is 1. The van der Waals surface area contributed by atoms with Crippen LogP contribution in [0.2, 0.25) is 0 Å². The number of hydrogen-bond donors (Lipinski definition) is 0. The standard InChI is InChI=1S/C28H31F2N5O3/c29-28(30)16-20(17-28)26(36)35(14-3-1-2-7-24-33-25(34-38-24)18-8-9-18)21-6-4-5-19(15-21)23-12-13-31-27(32-23)37-22-10-11-22/h4-6,12-13,15,18,20,22H,1-3,7-11,14,16-17H2. The van der Waals surface area contributed by atoms with E-state index in [1.165, 1.54) is 0 Å². The highest BCUT2D eigenvalue weighted by Gasteiger charge is 2.49. The summed E-state index contributed by atoms with van der Waals surface area (Å²) in [7, 11) is 0. The topological polar surface area (TPSA) is 94.2 Å². The molecule has 3 saturated carbocycles. The average molecular weight is 524 g/mol. The number of halogens is 2. The molecule has 3 aromatic rings. The fourth-order valence-electron chi connectivity index (χ4n) is 4.75. The quantitative estimate of drug-likeness (QED) is 0.280. The molecule has 1 aromatic carbocycles. The van der Waals surface area contributed by atoms with Crippen molar-refractivity contribution in [3.63, 3.8) is 0 Å². The Bertz CT molecular complexity index is 1280. The molecule has 0 N–H and O–H groups in total. The number of benzene rings is 1. The van der Waals surface area contributed by atoms with Crippen molar-refractivity contribution < 1.29 is 22.8 Å². The lowest BCUT2D eigenvalue weighted by atomic mass is 9.80. The van der Waals surface area contributed by atoms with Crippen LogP contribution in [0.1, 0.15) is 75.4 Å². The molecule has 1 amide bonds. The molecule has 200 valence electrons. The van der Waals surface area contributed by atoms with Crippen molar-refractivity contribution in [3.05, 3.63) is 48.2 Å². The van der Waals surface area contributed by atoms with Gasteiger partial charge in [0.1, 0.15) is 6.10 Å². The third-order valence-electron chi connectivity index (χ3n) is 7.29. The number of amides is 1. The molecular weight excluding hydrogens is 492 g/mol. The summed E-state index contributed by atoms with van der Waals surface area (Å²) in [6.07, 6.45) is 8.45. The zero-order chi connectivity index (χ0) is 26.1. The summed E-state index contributed by atoms with van der Waals surface area (Å²) < 4.78 is 38.2. The van der Waals surface area contributed by atoms with Gasteiger partial charge in [-0.15, -0.1) is 0 Å². The van der Waals surface area contributed by atoms with E-state index in [0.29, 0.717) is 42.2 Å². The molecular formula is C28H31F2N5O3. The van der Waals surface area contributed by atoms with E-state index in [2.05, 4.69) is 20.1 Å². The van der Waals surface area contributed by atoms with Gasteiger partial charge in [0.15, 0.2) is 5.82 Å². The Kier molecular flexibility index (Phi) is 6.80. The smallest absolute Gasteiger partial charge is 0.317 e. The SMILES string of the molecule is O=C(C1CC(F)(F)C1)N(CCCCCc1nc(C2CC2)no1)c1cccc(-c2ccnc(OC3CC3)n2)c1. The minimum absolute atomic E-state index is 0.186. The van der Waals surface area contributed by atoms with Crippen LogP contribution in [-0.4, -0.2) is 44.6 Å². The van der Waals surface area contributed by atoms with Crippen molar-refractivity contribution >= 4 is 11.6 Å². The third kappa shape index (κ3) is 6.00. The Morgan fingerprint density at radius 1 is 1.08 bits per heavy atom. The number of rotatable bonds is 12. The molecule has 38 heavy (non-hydrogen) atoms. The van der Waals surface area contributed by atoms with Gasteiger partial charge < -0.3 is 14.2 Å². The van der Waals surface area contributed by atoms with E-state index < -0.39 is 24.7 Å². The van der Waals surface area contributed by atoms with Gasteiger partial charge in [-0.2, -0.15) is 9.97 Å². The van der Waals surface area contributed by atoms with Gasteiger partial charge in [0.2, 0.25) is 17.7 Å². The lowest BCUT2D eigenvalue weighted by Gasteiger charge is -2.37. The Morgan fingerprint density at radius 3 is 2.68 bits per heavy atom. The second-order valence-corrected chi connectivity index (χ2v) is 10.7. The van der Waals surface area contributed by atoms with Gasteiger partial charge in [0.05, 0.1) is 5.69 Å². The number of anilines is 1. The van der Waals surface area contributed by atoms with E-state index >= 15 is 0 Å². The first-order chi connectivity index (χ1) is 18.4. The van der Waals surface area contributed by atoms with Crippen LogP contribution in [0, 0.1) is 5.92 Å². The number of carbonyl (C=O) groups excluding carboxylic acids is 1. The Hall–Kier alpha value is -3.43. The van der Waals surface area contributed by atoms with Crippen LogP contribution in [0.5, 0.6) is 6.01 Å². The van der Waals surface area contributed by atoms with Crippen LogP contribution in [-0.2, 0) is 11.2 Å². The lowest BCUT2D eigenvalue weighted by molar-refractivity contribution is -0.147. The molecule has 3 aliphatic rings. The van der Waals surface area contributed by atoms with Gasteiger partial charge in [-0.1, -0.05) is 23.7 Å². The Balaban J connectivity index is 1.12. The minimum Gasteiger partial charge on any atom is -0.460 e. The second kappa shape index (κ2) is 10.4. The summed E-state index contributed by atoms with van der Waals surface area (Å²) in [5.41, 5.74) is 2.17. The van der Waals surface area contributed by atoms with Crippen molar-refractivity contribution in [3.8, 4) is 17.3 Å². The van der Waals surface area contributed by atoms with Crippen molar-refractivity contribution in [1.29, 1.82) is 0 Å². The molecule has 0 atom stereocenters. The monoisotopic (exact) mass is 523 g/mol. The molecule has 0 radical (unpaired) electrons. The first kappa shape index (κ1) is 24.9. The van der Waals surface area contributed by atoms with Crippen molar-refractivity contribution in [2.24, 2.45) is 5.92 Å². The largest absolute Gasteiger partial charge is 0.460 e. The molecule has 3 aliphatic carbocycles. The van der Waals surface area contributed by atoms with Crippen LogP contribution in [0.25, 0.3) is 11.3 Å². The van der Waals surface area contributed by atoms with Crippen molar-refractivity contribution in [1.82, 2.24) is 20.1 Å². The number of alkyl halides is 2. The third-order valence-corrected chi connectivity index (χ3v) is 7.29. The van der Waals surface area contributed by atoms with Gasteiger partial charge in [0, 0.05) is 55.1 Å². The maximum atomic E-state index is 13.6. The van der Waals surface area contributed by atoms with Gasteiger partial charge in [-0.25, -0.2) is 13.8 Å². The van der Waals surface area contributed by atoms with Gasteiger partial charge in [0.25, 0.3) is 0 Å². The first-order valence-electron chi connectivity index (χ1n) is 13.6. The van der Waals surface area contributed by atoms with E-state index in [1.807, 2.05) is 24.3 Å². The highest BCUT2D eigenvalue weighted by Crippen LogP contribution is 2.44. The zero-order valence-electron chi connectivity index (χ0n) is 21.2. The summed E-state index contributed by atoms with van der Waals surface area (Å²) in [6, 6.07) is 9.63. The van der Waals surface area contributed by atoms with Crippen molar-refractivity contribution in [2.75, 3.05) is 11.4 Å². The number of hydrogen-bond acceptors (Lipinski definition) is 7. The van der Waals surface area contributed by atoms with Crippen LogP contribution >= 0.6 is 0 Å². The number of nitrogens with zero attached hydrogens (tertiary/aromatic N) is 5. The Morgan fingerprint density at radius 2 is 1.92 bits per heavy atom. The summed E-state index contributed by atoms with van der Waals surface area (Å²) >= 11 is 0. The molecule has 6 rings (SSSR count). The number of aromatic nitrogens is 4. The van der Waals surface area contributed by atoms with E-state index in [0.717, 1.165) is 56.3 Å². The maximum Gasteiger partial charge on any atom is 0.317 e. The number of ether oxygens (including phenoxy) is 1. The molecule has 2 heterocycles. The molecule has 0 aliphatic heterocycles. The molecule has 2 aromatic heterocycles. The molecule has 3 fully saturated rings. The normalized spacial score (nSPS) is 18.7. The summed E-state index contributed by atoms with van der Waals surface area (Å²) in [5.74, 6) is -1.75. The fourth-order valence-corrected chi connectivity index (χ4v) is 4.75. The molecule has 0 bridgehead atoms. The van der Waals surface area contributed by atoms with E-state index in [9.17, 15) is 13.6 Å². The average Bonchev–Trinajstić information content (AvgIpc) is 3.84. The van der Waals surface area contributed by atoms with E-state index in [-0.39, 0.29) is 12.0 Å². The molecule has 10 heteroatoms. The highest BCUT2D eigenvalue weighted by atomic mass is 19.3. The fraction of sp³-hybridized carbons (Fsp3) is 0.536. The first-order valence-corrected chi connectivity index (χ1v) is 13.6. The zero-order valence-corrected chi connectivity index (χ0v) is 21.2. The van der Waals surface area contributed by atoms with Crippen LogP contribution in [0.4, 0.5) is 14.5 Å². The predicted molar refractivity (Wildman–Crippen MR) is 135 cm³/mol. The van der Waals surface area contributed by atoms with Gasteiger partial charge in [-0.05, 0) is 56.7 Å². The predicted octanol–water partition coefficient (Wildman–Crippen LogP) is 5.74. The van der Waals surface area contributed by atoms with Gasteiger partial charge in [-0.3, -0.25) is 4.79 Å². The van der Waals surface area contributed by atoms with Gasteiger partial charge >= 0.3 is 6.01 Å². The van der Waals surface area contributed by atoms with Crippen molar-refractivity contribution in [2.45, 2.75) is 82.2 Å². The summed E-state index contributed by atoms with van der Waals surface area (Å²) in [4.78, 5) is 28.2. The summed E-state index contributed by atoms with van der Waals surface area (Å²) in [6.45, 7) is 0.446. The van der Waals surface area contributed by atoms with Crippen LogP contribution in [0.15, 0.2) is 41.1 Å². The Labute approximate surface area is 219 Å².